The Balaban J connectivity index is 0.00000289. The maximum absolute atomic E-state index is 14.5. The van der Waals surface area contributed by atoms with Gasteiger partial charge >= 0.3 is 0 Å². The van der Waals surface area contributed by atoms with E-state index < -0.39 is 0 Å². The summed E-state index contributed by atoms with van der Waals surface area (Å²) in [6.07, 6.45) is 0. The number of aliphatic imine (C=N–C) groups is 1. The van der Waals surface area contributed by atoms with Crippen molar-refractivity contribution in [3.8, 4) is 6.07 Å². The maximum atomic E-state index is 14.5. The van der Waals surface area contributed by atoms with Gasteiger partial charge in [0.25, 0.3) is 5.91 Å². The van der Waals surface area contributed by atoms with Gasteiger partial charge in [-0.15, -0.1) is 12.4 Å². The zero-order valence-electron chi connectivity index (χ0n) is 17.5. The molecule has 0 spiro atoms. The van der Waals surface area contributed by atoms with E-state index in [1.165, 1.54) is 6.07 Å². The number of halogens is 2. The highest BCUT2D eigenvalue weighted by atomic mass is 35.5. The van der Waals surface area contributed by atoms with Crippen LogP contribution in [0.4, 0.5) is 10.1 Å². The van der Waals surface area contributed by atoms with E-state index in [1.807, 2.05) is 37.4 Å². The summed E-state index contributed by atoms with van der Waals surface area (Å²) in [7, 11) is 1.96. The first kappa shape index (κ1) is 23.0. The van der Waals surface area contributed by atoms with Crippen LogP contribution in [-0.4, -0.2) is 37.8 Å². The monoisotopic (exact) mass is 448 g/mol. The molecule has 4 rings (SSSR count). The second-order valence-corrected chi connectivity index (χ2v) is 7.35. The molecule has 1 N–H and O–H groups in total. The Morgan fingerprint density at radius 1 is 1.09 bits per heavy atom. The average Bonchev–Trinajstić information content (AvgIpc) is 2.95. The first-order chi connectivity index (χ1) is 15.1. The van der Waals surface area contributed by atoms with Gasteiger partial charge in [-0.05, 0) is 42.5 Å². The highest BCUT2D eigenvalue weighted by molar-refractivity contribution is 6.16. The molecular formula is C25H22ClFN4O. The minimum absolute atomic E-state index is 0. The van der Waals surface area contributed by atoms with Crippen molar-refractivity contribution >= 4 is 29.7 Å². The van der Waals surface area contributed by atoms with Gasteiger partial charge in [0, 0.05) is 36.0 Å². The van der Waals surface area contributed by atoms with E-state index in [-0.39, 0.29) is 30.2 Å². The summed E-state index contributed by atoms with van der Waals surface area (Å²) >= 11 is 0. The number of carbonyl (C=O) groups excluding carboxylic acids is 1. The summed E-state index contributed by atoms with van der Waals surface area (Å²) in [6.45, 7) is 0.778. The Morgan fingerprint density at radius 2 is 1.75 bits per heavy atom. The summed E-state index contributed by atoms with van der Waals surface area (Å²) in [4.78, 5) is 19.4. The molecule has 162 valence electrons. The Morgan fingerprint density at radius 3 is 2.44 bits per heavy atom. The number of anilines is 1. The molecule has 5 nitrogen and oxygen atoms in total. The lowest BCUT2D eigenvalue weighted by atomic mass is 10.00. The number of rotatable bonds is 4. The highest BCUT2D eigenvalue weighted by Crippen LogP contribution is 2.28. The maximum Gasteiger partial charge on any atom is 0.251 e. The number of amides is 1. The van der Waals surface area contributed by atoms with E-state index in [0.29, 0.717) is 35.5 Å². The first-order valence-electron chi connectivity index (χ1n) is 9.98. The standard InChI is InChI=1S/C25H21FN4O.ClH/c1-30-19(16-29-25(31)18-12-10-17(14-27)11-13-18)15-28-24(20-6-2-4-8-22(20)26)21-7-3-5-9-23(21)30;/h2-13,19H,15-16H2,1H3,(H,29,31);1H. The fourth-order valence-electron chi connectivity index (χ4n) is 3.68. The van der Waals surface area contributed by atoms with Gasteiger partial charge in [-0.3, -0.25) is 9.79 Å². The number of nitrogens with one attached hydrogen (secondary N) is 1. The molecule has 1 aliphatic rings. The second kappa shape index (κ2) is 10.1. The van der Waals surface area contributed by atoms with Gasteiger partial charge in [0.2, 0.25) is 0 Å². The lowest BCUT2D eigenvalue weighted by Crippen LogP contribution is -2.43. The SMILES string of the molecule is CN1c2ccccc2C(c2ccccc2F)=NCC1CNC(=O)c1ccc(C#N)cc1.Cl. The predicted molar refractivity (Wildman–Crippen MR) is 126 cm³/mol. The van der Waals surface area contributed by atoms with Crippen LogP contribution in [-0.2, 0) is 0 Å². The topological polar surface area (TPSA) is 68.5 Å². The third-order valence-corrected chi connectivity index (χ3v) is 5.45. The average molecular weight is 449 g/mol. The molecule has 1 heterocycles. The van der Waals surface area contributed by atoms with Crippen LogP contribution in [0.15, 0.2) is 77.8 Å². The van der Waals surface area contributed by atoms with Crippen LogP contribution >= 0.6 is 12.4 Å². The highest BCUT2D eigenvalue weighted by Gasteiger charge is 2.25. The normalized spacial score (nSPS) is 14.8. The van der Waals surface area contributed by atoms with E-state index >= 15 is 0 Å². The van der Waals surface area contributed by atoms with Crippen LogP contribution in [0.3, 0.4) is 0 Å². The van der Waals surface area contributed by atoms with E-state index in [4.69, 9.17) is 10.3 Å². The molecule has 32 heavy (non-hydrogen) atoms. The van der Waals surface area contributed by atoms with E-state index in [9.17, 15) is 9.18 Å². The molecule has 1 atom stereocenters. The zero-order chi connectivity index (χ0) is 21.8. The molecule has 1 unspecified atom stereocenters. The van der Waals surface area contributed by atoms with Gasteiger partial charge in [-0.2, -0.15) is 5.26 Å². The molecule has 1 amide bonds. The number of nitrogens with zero attached hydrogens (tertiary/aromatic N) is 3. The van der Waals surface area contributed by atoms with Crippen LogP contribution in [0, 0.1) is 17.1 Å². The summed E-state index contributed by atoms with van der Waals surface area (Å²) in [5, 5.41) is 11.9. The van der Waals surface area contributed by atoms with Crippen LogP contribution < -0.4 is 10.2 Å². The van der Waals surface area contributed by atoms with Crippen molar-refractivity contribution in [2.24, 2.45) is 4.99 Å². The van der Waals surface area contributed by atoms with Crippen molar-refractivity contribution in [3.05, 3.63) is 101 Å². The Hall–Kier alpha value is -3.69. The summed E-state index contributed by atoms with van der Waals surface area (Å²) < 4.78 is 14.5. The number of benzodiazepines with no additional fused rings is 1. The summed E-state index contributed by atoms with van der Waals surface area (Å²) in [5.41, 5.74) is 3.86. The van der Waals surface area contributed by atoms with E-state index in [0.717, 1.165) is 11.3 Å². The molecule has 0 aromatic heterocycles. The number of carbonyl (C=O) groups is 1. The van der Waals surface area contributed by atoms with Gasteiger partial charge in [0.1, 0.15) is 5.82 Å². The number of nitriles is 1. The third-order valence-electron chi connectivity index (χ3n) is 5.45. The molecule has 3 aromatic rings. The van der Waals surface area contributed by atoms with Crippen molar-refractivity contribution in [2.45, 2.75) is 6.04 Å². The minimum atomic E-state index is -0.314. The second-order valence-electron chi connectivity index (χ2n) is 7.35. The largest absolute Gasteiger partial charge is 0.367 e. The van der Waals surface area contributed by atoms with Gasteiger partial charge < -0.3 is 10.2 Å². The molecule has 0 saturated heterocycles. The number of hydrogen-bond donors (Lipinski definition) is 1. The van der Waals surface area contributed by atoms with Gasteiger partial charge in [-0.1, -0.05) is 30.3 Å². The van der Waals surface area contributed by atoms with Crippen molar-refractivity contribution in [3.63, 3.8) is 0 Å². The van der Waals surface area contributed by atoms with Gasteiger partial charge in [0.15, 0.2) is 0 Å². The van der Waals surface area contributed by atoms with E-state index in [1.54, 1.807) is 42.5 Å². The number of benzene rings is 3. The number of fused-ring (bicyclic) bond motifs is 1. The van der Waals surface area contributed by atoms with Gasteiger partial charge in [0.05, 0.1) is 29.9 Å². The molecule has 0 radical (unpaired) electrons. The molecule has 3 aromatic carbocycles. The third kappa shape index (κ3) is 4.63. The van der Waals surface area contributed by atoms with Crippen LogP contribution in [0.2, 0.25) is 0 Å². The quantitative estimate of drug-likeness (QED) is 0.650. The zero-order valence-corrected chi connectivity index (χ0v) is 18.3. The number of likely N-dealkylation sites (N-methyl/N-ethyl adjacent to an activating group) is 1. The lowest BCUT2D eigenvalue weighted by molar-refractivity contribution is 0.0951. The molecule has 7 heteroatoms. The molecule has 0 aliphatic carbocycles. The van der Waals surface area contributed by atoms with Crippen molar-refractivity contribution in [1.82, 2.24) is 5.32 Å². The molecule has 1 aliphatic heterocycles. The molecular weight excluding hydrogens is 427 g/mol. The minimum Gasteiger partial charge on any atom is -0.367 e. The van der Waals surface area contributed by atoms with E-state index in [2.05, 4.69) is 10.2 Å². The van der Waals surface area contributed by atoms with Crippen LogP contribution in [0.25, 0.3) is 0 Å². The first-order valence-corrected chi connectivity index (χ1v) is 9.98. The Kier molecular flexibility index (Phi) is 7.24. The molecule has 0 fully saturated rings. The summed E-state index contributed by atoms with van der Waals surface area (Å²) in [6, 6.07) is 22.8. The fourth-order valence-corrected chi connectivity index (χ4v) is 3.68. The Labute approximate surface area is 192 Å². The molecule has 0 saturated carbocycles. The smallest absolute Gasteiger partial charge is 0.251 e. The van der Waals surface area contributed by atoms with Gasteiger partial charge in [-0.25, -0.2) is 4.39 Å². The van der Waals surface area contributed by atoms with Crippen molar-refractivity contribution < 1.29 is 9.18 Å². The van der Waals surface area contributed by atoms with Crippen LogP contribution in [0.1, 0.15) is 27.0 Å². The fraction of sp³-hybridized carbons (Fsp3) is 0.160. The lowest BCUT2D eigenvalue weighted by Gasteiger charge is -2.28. The number of hydrogen-bond acceptors (Lipinski definition) is 4. The van der Waals surface area contributed by atoms with Crippen LogP contribution in [0.5, 0.6) is 0 Å². The van der Waals surface area contributed by atoms with Crippen molar-refractivity contribution in [2.75, 3.05) is 25.0 Å². The Bertz CT molecular complexity index is 1190. The molecule has 0 bridgehead atoms. The van der Waals surface area contributed by atoms with Crippen molar-refractivity contribution in [1.29, 1.82) is 5.26 Å². The summed E-state index contributed by atoms with van der Waals surface area (Å²) in [5.74, 6) is -0.528. The number of para-hydroxylation sites is 1. The predicted octanol–water partition coefficient (Wildman–Crippen LogP) is 4.20.